The number of furan rings is 1. The molecular formula is C58H41N3O. The van der Waals surface area contributed by atoms with E-state index in [0.29, 0.717) is 0 Å². The van der Waals surface area contributed by atoms with Crippen LogP contribution in [0.15, 0.2) is 246 Å². The second-order valence-corrected chi connectivity index (χ2v) is 15.7. The molecule has 3 heterocycles. The van der Waals surface area contributed by atoms with Crippen LogP contribution in [0, 0.1) is 0 Å². The Bertz CT molecular complexity index is 3420. The quantitative estimate of drug-likeness (QED) is 0.148. The van der Waals surface area contributed by atoms with Gasteiger partial charge in [-0.25, -0.2) is 0 Å². The first-order valence-electron chi connectivity index (χ1n) is 21.0. The van der Waals surface area contributed by atoms with E-state index in [0.717, 1.165) is 83.5 Å². The standard InChI is InChI=1S/C58H41N3O/c1-39(51-38-52(43-24-12-5-13-25-43)60-58(59-51)45-30-32-48-47-27-15-17-29-56(47)62-57(48)37-45)34-49(42-22-10-4-11-23-42)55(35-40-18-6-2-7-19-40)61-53-28-16-14-26-46(53)50-36-44(31-33-54(50)61)41-20-8-3-9-21-41/h2-38,58-59H,1H2/b49-34-,55-35-. The van der Waals surface area contributed by atoms with Gasteiger partial charge < -0.3 is 14.3 Å². The lowest BCUT2D eigenvalue weighted by Gasteiger charge is -2.26. The third kappa shape index (κ3) is 6.84. The predicted molar refractivity (Wildman–Crippen MR) is 260 cm³/mol. The van der Waals surface area contributed by atoms with E-state index in [1.165, 1.54) is 21.9 Å². The summed E-state index contributed by atoms with van der Waals surface area (Å²) in [5.41, 5.74) is 15.2. The number of rotatable bonds is 9. The largest absolute Gasteiger partial charge is 0.456 e. The van der Waals surface area contributed by atoms with Crippen LogP contribution < -0.4 is 5.32 Å². The highest BCUT2D eigenvalue weighted by Gasteiger charge is 2.23. The Morgan fingerprint density at radius 3 is 1.95 bits per heavy atom. The van der Waals surface area contributed by atoms with Crippen LogP contribution in [0.1, 0.15) is 28.4 Å². The first kappa shape index (κ1) is 36.8. The van der Waals surface area contributed by atoms with E-state index in [4.69, 9.17) is 16.0 Å². The van der Waals surface area contributed by atoms with E-state index in [-0.39, 0.29) is 6.17 Å². The summed E-state index contributed by atoms with van der Waals surface area (Å²) in [6.45, 7) is 4.80. The molecule has 4 heteroatoms. The Kier molecular flexibility index (Phi) is 9.36. The Labute approximate surface area is 360 Å². The number of aromatic nitrogens is 1. The normalized spacial score (nSPS) is 14.5. The minimum absolute atomic E-state index is 0.386. The van der Waals surface area contributed by atoms with Crippen molar-refractivity contribution < 1.29 is 4.42 Å². The summed E-state index contributed by atoms with van der Waals surface area (Å²) < 4.78 is 8.77. The zero-order valence-corrected chi connectivity index (χ0v) is 33.9. The maximum absolute atomic E-state index is 6.35. The van der Waals surface area contributed by atoms with E-state index < -0.39 is 0 Å². The molecule has 0 radical (unpaired) electrons. The Morgan fingerprint density at radius 1 is 0.548 bits per heavy atom. The van der Waals surface area contributed by atoms with Gasteiger partial charge in [0.25, 0.3) is 0 Å². The molecule has 0 amide bonds. The van der Waals surface area contributed by atoms with Crippen LogP contribution in [0.25, 0.3) is 72.2 Å². The van der Waals surface area contributed by atoms with Crippen LogP contribution in [0.2, 0.25) is 0 Å². The smallest absolute Gasteiger partial charge is 0.145 e. The van der Waals surface area contributed by atoms with Gasteiger partial charge in [-0.1, -0.05) is 183 Å². The second-order valence-electron chi connectivity index (χ2n) is 15.7. The second kappa shape index (κ2) is 15.8. The Balaban J connectivity index is 1.09. The summed E-state index contributed by atoms with van der Waals surface area (Å²) in [6, 6.07) is 72.3. The molecule has 2 aromatic heterocycles. The molecule has 0 saturated carbocycles. The lowest BCUT2D eigenvalue weighted by molar-refractivity contribution is 0.622. The summed E-state index contributed by atoms with van der Waals surface area (Å²) >= 11 is 0. The number of benzene rings is 8. The van der Waals surface area contributed by atoms with Crippen LogP contribution in [0.5, 0.6) is 0 Å². The number of hydrogen-bond acceptors (Lipinski definition) is 3. The first-order chi connectivity index (χ1) is 30.6. The number of nitrogens with one attached hydrogen (secondary N) is 1. The van der Waals surface area contributed by atoms with Gasteiger partial charge in [-0.05, 0) is 82.0 Å². The van der Waals surface area contributed by atoms with Crippen LogP contribution in [-0.2, 0) is 0 Å². The number of aliphatic imine (C=N–C) groups is 1. The topological polar surface area (TPSA) is 42.5 Å². The highest BCUT2D eigenvalue weighted by molar-refractivity contribution is 6.17. The van der Waals surface area contributed by atoms with Crippen LogP contribution in [-0.4, -0.2) is 10.3 Å². The maximum Gasteiger partial charge on any atom is 0.145 e. The van der Waals surface area contributed by atoms with Gasteiger partial charge in [0.15, 0.2) is 0 Å². The van der Waals surface area contributed by atoms with Crippen molar-refractivity contribution in [2.45, 2.75) is 6.17 Å². The predicted octanol–water partition coefficient (Wildman–Crippen LogP) is 14.7. The molecule has 0 aliphatic carbocycles. The fourth-order valence-corrected chi connectivity index (χ4v) is 8.74. The molecule has 0 fully saturated rings. The molecule has 1 unspecified atom stereocenters. The maximum atomic E-state index is 6.35. The van der Waals surface area contributed by atoms with Gasteiger partial charge >= 0.3 is 0 Å². The molecule has 4 nitrogen and oxygen atoms in total. The number of allylic oxidation sites excluding steroid dienone is 4. The summed E-state index contributed by atoms with van der Waals surface area (Å²) in [5, 5.41) is 8.36. The summed E-state index contributed by atoms with van der Waals surface area (Å²) in [5.74, 6) is 0. The SMILES string of the molecule is C=C(/C=C(\C(=C\c1ccccc1)n1c2ccccc2c2cc(-c3ccccc3)ccc21)c1ccccc1)C1=CC(c2ccccc2)=NC(c2ccc3c(c2)oc2ccccc23)N1. The summed E-state index contributed by atoms with van der Waals surface area (Å²) in [7, 11) is 0. The molecule has 1 aliphatic heterocycles. The van der Waals surface area contributed by atoms with Gasteiger partial charge in [-0.3, -0.25) is 4.99 Å². The van der Waals surface area contributed by atoms with E-state index in [1.807, 2.05) is 24.3 Å². The average Bonchev–Trinajstić information content (AvgIpc) is 3.88. The molecular weight excluding hydrogens is 755 g/mol. The molecule has 8 aromatic carbocycles. The van der Waals surface area contributed by atoms with Gasteiger partial charge in [0.05, 0.1) is 22.4 Å². The van der Waals surface area contributed by atoms with E-state index in [1.54, 1.807) is 0 Å². The number of para-hydroxylation sites is 2. The molecule has 11 rings (SSSR count). The molecule has 1 aliphatic rings. The Morgan fingerprint density at radius 2 is 1.18 bits per heavy atom. The van der Waals surface area contributed by atoms with Crippen molar-refractivity contribution in [1.29, 1.82) is 0 Å². The van der Waals surface area contributed by atoms with Crippen LogP contribution in [0.3, 0.4) is 0 Å². The third-order valence-electron chi connectivity index (χ3n) is 11.8. The van der Waals surface area contributed by atoms with Crippen LogP contribution in [0.4, 0.5) is 0 Å². The molecule has 1 N–H and O–H groups in total. The number of hydrogen-bond donors (Lipinski definition) is 1. The molecule has 10 aromatic rings. The van der Waals surface area contributed by atoms with Gasteiger partial charge in [0, 0.05) is 38.4 Å². The zero-order chi connectivity index (χ0) is 41.4. The van der Waals surface area contributed by atoms with Crippen molar-refractivity contribution in [2.24, 2.45) is 4.99 Å². The van der Waals surface area contributed by atoms with Gasteiger partial charge in [0.2, 0.25) is 0 Å². The lowest BCUT2D eigenvalue weighted by atomic mass is 9.95. The first-order valence-corrected chi connectivity index (χ1v) is 21.0. The minimum atomic E-state index is -0.386. The highest BCUT2D eigenvalue weighted by atomic mass is 16.3. The Hall–Kier alpha value is -8.21. The molecule has 0 saturated heterocycles. The van der Waals surface area contributed by atoms with Crippen LogP contribution >= 0.6 is 0 Å². The molecule has 294 valence electrons. The van der Waals surface area contributed by atoms with E-state index in [2.05, 4.69) is 210 Å². The number of nitrogens with zero attached hydrogens (tertiary/aromatic N) is 2. The van der Waals surface area contributed by atoms with Crippen molar-refractivity contribution in [3.8, 4) is 11.1 Å². The summed E-state index contributed by atoms with van der Waals surface area (Å²) in [4.78, 5) is 5.29. The van der Waals surface area contributed by atoms with E-state index in [9.17, 15) is 0 Å². The van der Waals surface area contributed by atoms with Gasteiger partial charge in [0.1, 0.15) is 17.3 Å². The zero-order valence-electron chi connectivity index (χ0n) is 33.9. The van der Waals surface area contributed by atoms with E-state index >= 15 is 0 Å². The molecule has 1 atom stereocenters. The van der Waals surface area contributed by atoms with Gasteiger partial charge in [-0.2, -0.15) is 0 Å². The molecule has 0 bridgehead atoms. The molecule has 0 spiro atoms. The average molecular weight is 796 g/mol. The van der Waals surface area contributed by atoms with Crippen molar-refractivity contribution in [1.82, 2.24) is 9.88 Å². The van der Waals surface area contributed by atoms with Crippen molar-refractivity contribution in [3.05, 3.63) is 259 Å². The third-order valence-corrected chi connectivity index (χ3v) is 11.8. The fourth-order valence-electron chi connectivity index (χ4n) is 8.74. The minimum Gasteiger partial charge on any atom is -0.456 e. The fraction of sp³-hybridized carbons (Fsp3) is 0.0172. The van der Waals surface area contributed by atoms with Gasteiger partial charge in [-0.15, -0.1) is 0 Å². The molecule has 62 heavy (non-hydrogen) atoms. The summed E-state index contributed by atoms with van der Waals surface area (Å²) in [6.07, 6.45) is 6.27. The van der Waals surface area contributed by atoms with Crippen molar-refractivity contribution in [2.75, 3.05) is 0 Å². The monoisotopic (exact) mass is 795 g/mol. The van der Waals surface area contributed by atoms with Crippen molar-refractivity contribution >= 4 is 66.8 Å². The lowest BCUT2D eigenvalue weighted by Crippen LogP contribution is -2.26. The highest BCUT2D eigenvalue weighted by Crippen LogP contribution is 2.41. The number of fused-ring (bicyclic) bond motifs is 6. The van der Waals surface area contributed by atoms with Crippen molar-refractivity contribution in [3.63, 3.8) is 0 Å².